The molecule has 0 aromatic carbocycles. The van der Waals surface area contributed by atoms with Crippen molar-refractivity contribution in [1.82, 2.24) is 9.97 Å². The van der Waals surface area contributed by atoms with E-state index in [1.165, 1.54) is 57.8 Å². The molecule has 13 heteroatoms. The Labute approximate surface area is 437 Å². The van der Waals surface area contributed by atoms with Gasteiger partial charge in [-0.2, -0.15) is 12.1 Å². The molecule has 0 amide bonds. The first-order chi connectivity index (χ1) is 30.2. The zero-order valence-corrected chi connectivity index (χ0v) is 48.5. The van der Waals surface area contributed by atoms with Gasteiger partial charge in [0.05, 0.1) is 19.0 Å². The van der Waals surface area contributed by atoms with Gasteiger partial charge in [-0.15, -0.1) is 0 Å². The van der Waals surface area contributed by atoms with Crippen LogP contribution in [0.2, 0.25) is 0 Å². The van der Waals surface area contributed by atoms with Gasteiger partial charge in [0.15, 0.2) is 0 Å². The van der Waals surface area contributed by atoms with Crippen molar-refractivity contribution in [2.45, 2.75) is 152 Å². The number of hydrogen-bond donors (Lipinski definition) is 0. The number of aldehydes is 1. The van der Waals surface area contributed by atoms with Gasteiger partial charge in [0, 0.05) is 94.5 Å². The fourth-order valence-corrected chi connectivity index (χ4v) is 11.5. The predicted molar refractivity (Wildman–Crippen MR) is 268 cm³/mol. The molecule has 4 saturated carbocycles. The summed E-state index contributed by atoms with van der Waals surface area (Å²) in [4.78, 5) is 43.9. The number of fused-ring (bicyclic) bond motifs is 4. The molecule has 2 aromatic rings. The number of esters is 2. The van der Waals surface area contributed by atoms with E-state index in [0.29, 0.717) is 41.7 Å². The molecule has 2 aromatic heterocycles. The van der Waals surface area contributed by atoms with Crippen LogP contribution < -0.4 is 0 Å². The molecule has 6 aliphatic rings. The standard InChI is InChI=1S/C20H24NO2.C14H20O3.C8H11NOP.2C3H8.2C2H6O.2CH4.2W/c1-13-19-17(10-9-15-7-4-5-11-21-15)16-8-3-2-6-14(16)12-18(19)20(22)23-13;1-8-13-11(14(16)17-8)6-9-4-2-3-5-10(9)12(13)7-15;1-11(2,10)7-8-5-3-4-6-9-8;4*1-3-2;;;;/h4,7,9-11,13-14,16-19H,2-3,6,8,12H2,1H3;7-13H,2-6H2,1H3;3,5-6H,7H2,1-2H3;2*3H2,1-2H3;2*1-2H3;2*1H4;;/q-1;;-1;;;;;;;;/b10-9+;;;;;;;;;;/t13-,14+,16-,17+,18-,19+;8-,9+,10-,11-,12+,13-;;;;;;;;;/m11........./s1. The SMILES string of the molecule is C.C.CCC.CCC.COC.COC.CP(C)(=O)Cc1cc[c-]cn1.C[C@H]1OC(=O)[C@@H]2C[C@@H]3CCCC[C@H]3[C@H](/C=C/c3cc[c-]cn3)[C@H]12.C[C@H]1OC(=O)[C@@H]2C[C@@H]3CCCC[C@H]3[C@H](C=O)[C@H]12.[W].[W]. The van der Waals surface area contributed by atoms with Crippen LogP contribution in [0.25, 0.3) is 6.08 Å². The second-order valence-electron chi connectivity index (χ2n) is 18.6. The zero-order chi connectivity index (χ0) is 47.0. The minimum atomic E-state index is -1.96. The Morgan fingerprint density at radius 2 is 1.10 bits per heavy atom. The van der Waals surface area contributed by atoms with Crippen LogP contribution in [0.15, 0.2) is 42.7 Å². The van der Waals surface area contributed by atoms with E-state index in [9.17, 15) is 18.9 Å². The number of ether oxygens (including phenoxy) is 4. The van der Waals surface area contributed by atoms with E-state index in [-0.39, 0.29) is 105 Å². The van der Waals surface area contributed by atoms with Crippen LogP contribution in [-0.2, 0) is 86.2 Å². The maximum atomic E-state index is 12.3. The summed E-state index contributed by atoms with van der Waals surface area (Å²) in [5.41, 5.74) is 1.85. The molecular formula is C54H91N2O8PW2-2. The zero-order valence-electron chi connectivity index (χ0n) is 41.7. The Kier molecular flexibility index (Phi) is 39.3. The summed E-state index contributed by atoms with van der Waals surface area (Å²) in [6.45, 7) is 16.1. The van der Waals surface area contributed by atoms with Crippen molar-refractivity contribution >= 4 is 31.4 Å². The monoisotopic (exact) mass is 1290 g/mol. The molecule has 6 fully saturated rings. The Morgan fingerprint density at radius 3 is 1.49 bits per heavy atom. The van der Waals surface area contributed by atoms with Crippen LogP contribution in [0.1, 0.15) is 145 Å². The van der Waals surface area contributed by atoms with Crippen molar-refractivity contribution in [3.05, 3.63) is 66.3 Å². The predicted octanol–water partition coefficient (Wildman–Crippen LogP) is 12.7. The molecule has 0 radical (unpaired) electrons. The van der Waals surface area contributed by atoms with E-state index in [1.54, 1.807) is 60.2 Å². The second kappa shape index (κ2) is 37.9. The Bertz CT molecular complexity index is 1640. The van der Waals surface area contributed by atoms with Gasteiger partial charge in [-0.25, -0.2) is 24.3 Å². The van der Waals surface area contributed by atoms with Gasteiger partial charge in [0.1, 0.15) is 18.5 Å². The fourth-order valence-electron chi connectivity index (χ4n) is 10.6. The molecule has 8 rings (SSSR count). The first-order valence-electron chi connectivity index (χ1n) is 23.7. The smallest absolute Gasteiger partial charge is 0.309 e. The molecule has 0 N–H and O–H groups in total. The minimum absolute atomic E-state index is 0. The van der Waals surface area contributed by atoms with E-state index in [4.69, 9.17) is 9.47 Å². The molecule has 4 heterocycles. The van der Waals surface area contributed by atoms with E-state index in [1.807, 2.05) is 25.1 Å². The van der Waals surface area contributed by atoms with Gasteiger partial charge in [-0.05, 0) is 93.8 Å². The van der Waals surface area contributed by atoms with Crippen LogP contribution in [0.3, 0.4) is 0 Å². The van der Waals surface area contributed by atoms with Gasteiger partial charge in [0.25, 0.3) is 0 Å². The minimum Gasteiger partial charge on any atom is -0.462 e. The molecule has 4 aliphatic carbocycles. The summed E-state index contributed by atoms with van der Waals surface area (Å²) < 4.78 is 30.8. The van der Waals surface area contributed by atoms with Gasteiger partial charge in [-0.3, -0.25) is 14.6 Å². The number of nitrogens with zero attached hydrogens (tertiary/aromatic N) is 2. The van der Waals surface area contributed by atoms with Crippen molar-refractivity contribution in [2.75, 3.05) is 41.8 Å². The first-order valence-corrected chi connectivity index (χ1v) is 26.5. The average molecular weight is 1290 g/mol. The number of cyclic esters (lactones) is 2. The number of methoxy groups -OCH3 is 2. The summed E-state index contributed by atoms with van der Waals surface area (Å²) in [6.07, 6.45) is 24.0. The number of allylic oxidation sites excluding steroid dienone is 1. The summed E-state index contributed by atoms with van der Waals surface area (Å²) in [7, 11) is 4.54. The third-order valence-corrected chi connectivity index (χ3v) is 13.7. The molecule has 10 nitrogen and oxygen atoms in total. The molecule has 384 valence electrons. The number of hydrogen-bond acceptors (Lipinski definition) is 10. The summed E-state index contributed by atoms with van der Waals surface area (Å²) >= 11 is 0. The van der Waals surface area contributed by atoms with Crippen molar-refractivity contribution in [3.63, 3.8) is 0 Å². The molecular weight excluding hydrogens is 1200 g/mol. The van der Waals surface area contributed by atoms with Gasteiger partial charge < -0.3 is 33.3 Å². The molecule has 0 unspecified atom stereocenters. The van der Waals surface area contributed by atoms with Crippen LogP contribution in [0.5, 0.6) is 0 Å². The Hall–Kier alpha value is -1.82. The second-order valence-corrected chi connectivity index (χ2v) is 22.0. The molecule has 67 heavy (non-hydrogen) atoms. The van der Waals surface area contributed by atoms with Crippen LogP contribution >= 0.6 is 7.14 Å². The Morgan fingerprint density at radius 1 is 0.701 bits per heavy atom. The quantitative estimate of drug-likeness (QED) is 0.123. The van der Waals surface area contributed by atoms with E-state index >= 15 is 0 Å². The van der Waals surface area contributed by atoms with E-state index in [0.717, 1.165) is 36.9 Å². The largest absolute Gasteiger partial charge is 0.462 e. The number of aromatic nitrogens is 2. The van der Waals surface area contributed by atoms with Crippen molar-refractivity contribution in [1.29, 1.82) is 0 Å². The topological polar surface area (TPSA) is 131 Å². The van der Waals surface area contributed by atoms with E-state index in [2.05, 4.69) is 78.3 Å². The molecule has 12 atom stereocenters. The number of pyridine rings is 2. The van der Waals surface area contributed by atoms with Gasteiger partial charge >= 0.3 is 11.9 Å². The van der Waals surface area contributed by atoms with Gasteiger partial charge in [-0.1, -0.05) is 118 Å². The average Bonchev–Trinajstić information content (AvgIpc) is 3.71. The van der Waals surface area contributed by atoms with Crippen molar-refractivity contribution in [3.8, 4) is 0 Å². The third-order valence-electron chi connectivity index (χ3n) is 12.7. The third kappa shape index (κ3) is 22.9. The summed E-state index contributed by atoms with van der Waals surface area (Å²) in [5.74, 6) is 3.56. The van der Waals surface area contributed by atoms with Crippen LogP contribution in [-0.4, -0.2) is 82.2 Å². The van der Waals surface area contributed by atoms with Crippen molar-refractivity contribution < 1.29 is 80.0 Å². The first kappa shape index (κ1) is 69.4. The Balaban J connectivity index is -0.000000827. The molecule has 2 aliphatic heterocycles. The molecule has 0 bridgehead atoms. The maximum absolute atomic E-state index is 12.3. The maximum Gasteiger partial charge on any atom is 0.309 e. The number of carbonyl (C=O) groups is 3. The number of carbonyl (C=O) groups excluding carboxylic acids is 3. The molecule has 2 saturated heterocycles. The van der Waals surface area contributed by atoms with Crippen LogP contribution in [0, 0.1) is 71.3 Å². The van der Waals surface area contributed by atoms with Crippen molar-refractivity contribution in [2.24, 2.45) is 59.2 Å². The molecule has 0 spiro atoms. The number of rotatable bonds is 5. The summed E-state index contributed by atoms with van der Waals surface area (Å²) in [5, 5.41) is 0. The fraction of sp³-hybridized carbons (Fsp3) is 0.722. The summed E-state index contributed by atoms with van der Waals surface area (Å²) in [6, 6.07) is 13.3. The normalized spacial score (nSPS) is 29.1. The van der Waals surface area contributed by atoms with Crippen LogP contribution in [0.4, 0.5) is 0 Å². The van der Waals surface area contributed by atoms with E-state index < -0.39 is 7.14 Å². The van der Waals surface area contributed by atoms with Gasteiger partial charge in [0.2, 0.25) is 0 Å².